The first-order valence-electron chi connectivity index (χ1n) is 5.31. The van der Waals surface area contributed by atoms with Crippen molar-refractivity contribution in [1.29, 1.82) is 0 Å². The molecule has 0 bridgehead atoms. The molecule has 2 atom stereocenters. The number of hydrogen-bond acceptors (Lipinski definition) is 4. The number of amides is 1. The molecular formula is C10H16N2O4. The summed E-state index contributed by atoms with van der Waals surface area (Å²) in [7, 11) is 0. The minimum absolute atomic E-state index is 0.0277. The van der Waals surface area contributed by atoms with Crippen LogP contribution >= 0.6 is 0 Å². The summed E-state index contributed by atoms with van der Waals surface area (Å²) in [6.45, 7) is 0.191. The second-order valence-electron chi connectivity index (χ2n) is 3.94. The Morgan fingerprint density at radius 2 is 2.25 bits per heavy atom. The summed E-state index contributed by atoms with van der Waals surface area (Å²) in [5.41, 5.74) is 5.27. The van der Waals surface area contributed by atoms with Crippen LogP contribution < -0.4 is 11.1 Å². The van der Waals surface area contributed by atoms with Gasteiger partial charge in [-0.2, -0.15) is 0 Å². The molecule has 0 aromatic carbocycles. The van der Waals surface area contributed by atoms with Crippen LogP contribution in [0.5, 0.6) is 0 Å². The average molecular weight is 228 g/mol. The second kappa shape index (κ2) is 5.60. The highest BCUT2D eigenvalue weighted by Crippen LogP contribution is 2.21. The largest absolute Gasteiger partial charge is 0.480 e. The fraction of sp³-hybridized carbons (Fsp3) is 0.700. The van der Waals surface area contributed by atoms with Gasteiger partial charge in [0, 0.05) is 13.0 Å². The monoisotopic (exact) mass is 228 g/mol. The second-order valence-corrected chi connectivity index (χ2v) is 3.94. The van der Waals surface area contributed by atoms with Crippen molar-refractivity contribution in [3.8, 4) is 0 Å². The molecule has 6 heteroatoms. The third kappa shape index (κ3) is 3.30. The van der Waals surface area contributed by atoms with E-state index in [0.717, 1.165) is 6.42 Å². The van der Waals surface area contributed by atoms with E-state index in [1.165, 1.54) is 0 Å². The molecule has 0 saturated heterocycles. The predicted octanol–water partition coefficient (Wildman–Crippen LogP) is -0.726. The number of carboxylic acids is 1. The Kier molecular flexibility index (Phi) is 4.42. The van der Waals surface area contributed by atoms with Crippen LogP contribution in [0.3, 0.4) is 0 Å². The van der Waals surface area contributed by atoms with Crippen molar-refractivity contribution in [3.05, 3.63) is 0 Å². The lowest BCUT2D eigenvalue weighted by Crippen LogP contribution is -2.38. The topological polar surface area (TPSA) is 109 Å². The van der Waals surface area contributed by atoms with Crippen LogP contribution in [0.1, 0.15) is 25.7 Å². The Bertz CT molecular complexity index is 303. The number of carboxylic acid groups (broad SMARTS) is 1. The lowest BCUT2D eigenvalue weighted by atomic mass is 10.1. The summed E-state index contributed by atoms with van der Waals surface area (Å²) < 4.78 is 0. The molecular weight excluding hydrogens is 212 g/mol. The van der Waals surface area contributed by atoms with E-state index in [4.69, 9.17) is 10.8 Å². The molecule has 6 nitrogen and oxygen atoms in total. The SMILES string of the molecule is N[C@@H](CCNC(=O)[C@@H]1CCCC1=O)C(=O)O. The Hall–Kier alpha value is -1.43. The maximum atomic E-state index is 11.5. The molecule has 1 aliphatic rings. The third-order valence-electron chi connectivity index (χ3n) is 2.69. The van der Waals surface area contributed by atoms with Gasteiger partial charge in [0.1, 0.15) is 11.8 Å². The van der Waals surface area contributed by atoms with Gasteiger partial charge < -0.3 is 16.2 Å². The number of aliphatic carboxylic acids is 1. The van der Waals surface area contributed by atoms with Crippen molar-refractivity contribution in [2.75, 3.05) is 6.54 Å². The molecule has 0 radical (unpaired) electrons. The zero-order chi connectivity index (χ0) is 12.1. The molecule has 90 valence electrons. The molecule has 0 heterocycles. The van der Waals surface area contributed by atoms with Crippen molar-refractivity contribution >= 4 is 17.7 Å². The first-order valence-corrected chi connectivity index (χ1v) is 5.31. The van der Waals surface area contributed by atoms with Crippen molar-refractivity contribution in [1.82, 2.24) is 5.32 Å². The maximum absolute atomic E-state index is 11.5. The molecule has 0 spiro atoms. The number of ketones is 1. The van der Waals surface area contributed by atoms with Gasteiger partial charge in [0.05, 0.1) is 5.92 Å². The van der Waals surface area contributed by atoms with E-state index in [9.17, 15) is 14.4 Å². The van der Waals surface area contributed by atoms with Gasteiger partial charge in [-0.3, -0.25) is 14.4 Å². The number of nitrogens with two attached hydrogens (primary N) is 1. The van der Waals surface area contributed by atoms with E-state index in [2.05, 4.69) is 5.32 Å². The summed E-state index contributed by atoms with van der Waals surface area (Å²) >= 11 is 0. The molecule has 1 saturated carbocycles. The van der Waals surface area contributed by atoms with Crippen molar-refractivity contribution < 1.29 is 19.5 Å². The van der Waals surface area contributed by atoms with Crippen molar-refractivity contribution in [2.45, 2.75) is 31.7 Å². The summed E-state index contributed by atoms with van der Waals surface area (Å²) in [6.07, 6.45) is 1.98. The number of rotatable bonds is 5. The Morgan fingerprint density at radius 3 is 2.75 bits per heavy atom. The highest BCUT2D eigenvalue weighted by Gasteiger charge is 2.30. The van der Waals surface area contributed by atoms with Crippen LogP contribution in [0.2, 0.25) is 0 Å². The Labute approximate surface area is 93.2 Å². The molecule has 1 aliphatic carbocycles. The Balaban J connectivity index is 2.25. The predicted molar refractivity (Wildman–Crippen MR) is 55.6 cm³/mol. The standard InChI is InChI=1S/C10H16N2O4/c11-7(10(15)16)4-5-12-9(14)6-2-1-3-8(6)13/h6-7H,1-5,11H2,(H,12,14)(H,15,16)/t6-,7+/m1/s1. The van der Waals surface area contributed by atoms with Gasteiger partial charge in [0.2, 0.25) is 5.91 Å². The van der Waals surface area contributed by atoms with Crippen LogP contribution in [0.15, 0.2) is 0 Å². The van der Waals surface area contributed by atoms with E-state index in [0.29, 0.717) is 12.8 Å². The fourth-order valence-electron chi connectivity index (χ4n) is 1.69. The first-order chi connectivity index (χ1) is 7.52. The number of Topliss-reactive ketones (excluding diaryl/α,β-unsaturated/α-hetero) is 1. The zero-order valence-electron chi connectivity index (χ0n) is 8.94. The number of carbonyl (C=O) groups is 3. The highest BCUT2D eigenvalue weighted by molar-refractivity contribution is 6.02. The van der Waals surface area contributed by atoms with Crippen LogP contribution in [0.4, 0.5) is 0 Å². The van der Waals surface area contributed by atoms with Crippen molar-refractivity contribution in [2.24, 2.45) is 11.7 Å². The van der Waals surface area contributed by atoms with Gasteiger partial charge in [-0.05, 0) is 19.3 Å². The van der Waals surface area contributed by atoms with E-state index in [1.54, 1.807) is 0 Å². The summed E-state index contributed by atoms with van der Waals surface area (Å²) in [6, 6.07) is -0.973. The molecule has 0 aromatic heterocycles. The minimum Gasteiger partial charge on any atom is -0.480 e. The van der Waals surface area contributed by atoms with Crippen LogP contribution in [0.25, 0.3) is 0 Å². The van der Waals surface area contributed by atoms with E-state index < -0.39 is 17.9 Å². The number of nitrogens with one attached hydrogen (secondary N) is 1. The van der Waals surface area contributed by atoms with Gasteiger partial charge in [-0.15, -0.1) is 0 Å². The molecule has 0 unspecified atom stereocenters. The zero-order valence-corrected chi connectivity index (χ0v) is 8.94. The highest BCUT2D eigenvalue weighted by atomic mass is 16.4. The lowest BCUT2D eigenvalue weighted by molar-refractivity contribution is -0.139. The normalized spacial score (nSPS) is 21.8. The lowest BCUT2D eigenvalue weighted by Gasteiger charge is -2.10. The van der Waals surface area contributed by atoms with Crippen LogP contribution in [-0.2, 0) is 14.4 Å². The van der Waals surface area contributed by atoms with Crippen LogP contribution in [-0.4, -0.2) is 35.4 Å². The quantitative estimate of drug-likeness (QED) is 0.538. The van der Waals surface area contributed by atoms with Gasteiger partial charge in [-0.1, -0.05) is 0 Å². The van der Waals surface area contributed by atoms with Crippen LogP contribution in [0, 0.1) is 5.92 Å². The van der Waals surface area contributed by atoms with E-state index in [1.807, 2.05) is 0 Å². The summed E-state index contributed by atoms with van der Waals surface area (Å²) in [5.74, 6) is -1.97. The molecule has 1 fully saturated rings. The molecule has 0 aliphatic heterocycles. The summed E-state index contributed by atoms with van der Waals surface area (Å²) in [5, 5.41) is 11.0. The van der Waals surface area contributed by atoms with E-state index in [-0.39, 0.29) is 24.7 Å². The maximum Gasteiger partial charge on any atom is 0.320 e. The van der Waals surface area contributed by atoms with Gasteiger partial charge in [-0.25, -0.2) is 0 Å². The molecule has 0 aromatic rings. The fourth-order valence-corrected chi connectivity index (χ4v) is 1.69. The van der Waals surface area contributed by atoms with Gasteiger partial charge in [0.15, 0.2) is 0 Å². The van der Waals surface area contributed by atoms with Crippen molar-refractivity contribution in [3.63, 3.8) is 0 Å². The molecule has 4 N–H and O–H groups in total. The van der Waals surface area contributed by atoms with Gasteiger partial charge >= 0.3 is 5.97 Å². The number of hydrogen-bond donors (Lipinski definition) is 3. The van der Waals surface area contributed by atoms with Gasteiger partial charge in [0.25, 0.3) is 0 Å². The number of carbonyl (C=O) groups excluding carboxylic acids is 2. The molecule has 1 rings (SSSR count). The minimum atomic E-state index is -1.09. The van der Waals surface area contributed by atoms with E-state index >= 15 is 0 Å². The molecule has 1 amide bonds. The smallest absolute Gasteiger partial charge is 0.320 e. The third-order valence-corrected chi connectivity index (χ3v) is 2.69. The Morgan fingerprint density at radius 1 is 1.56 bits per heavy atom. The average Bonchev–Trinajstić information content (AvgIpc) is 2.64. The molecule has 16 heavy (non-hydrogen) atoms. The first kappa shape index (κ1) is 12.6. The summed E-state index contributed by atoms with van der Waals surface area (Å²) in [4.78, 5) is 33.1.